The molecule has 0 saturated heterocycles. The molecule has 0 amide bonds. The van der Waals surface area contributed by atoms with Gasteiger partial charge in [0.1, 0.15) is 18.2 Å². The van der Waals surface area contributed by atoms with Crippen molar-refractivity contribution in [2.75, 3.05) is 5.32 Å². The van der Waals surface area contributed by atoms with Gasteiger partial charge in [0.15, 0.2) is 0 Å². The minimum absolute atomic E-state index is 0.272. The highest BCUT2D eigenvalue weighted by molar-refractivity contribution is 9.10. The van der Waals surface area contributed by atoms with Gasteiger partial charge in [-0.2, -0.15) is 10.1 Å². The van der Waals surface area contributed by atoms with E-state index < -0.39 is 0 Å². The van der Waals surface area contributed by atoms with E-state index in [4.69, 9.17) is 0 Å². The smallest absolute Gasteiger partial charge is 0.226 e. The van der Waals surface area contributed by atoms with Crippen LogP contribution in [0.5, 0.6) is 0 Å². The number of benzene rings is 2. The molecular formula is C18H14BrFN4. The van der Waals surface area contributed by atoms with Crippen molar-refractivity contribution in [2.24, 2.45) is 0 Å². The number of allylic oxidation sites excluding steroid dienone is 1. The van der Waals surface area contributed by atoms with E-state index in [0.717, 1.165) is 15.7 Å². The summed E-state index contributed by atoms with van der Waals surface area (Å²) >= 11 is 3.41. The van der Waals surface area contributed by atoms with Crippen LogP contribution in [0.1, 0.15) is 22.7 Å². The molecule has 1 aliphatic heterocycles. The summed E-state index contributed by atoms with van der Waals surface area (Å²) in [4.78, 5) is 4.24. The molecule has 2 heterocycles. The fourth-order valence-corrected chi connectivity index (χ4v) is 3.18. The van der Waals surface area contributed by atoms with Crippen LogP contribution in [0.25, 0.3) is 5.70 Å². The van der Waals surface area contributed by atoms with Gasteiger partial charge >= 0.3 is 0 Å². The minimum atomic E-state index is -0.363. The molecule has 0 fully saturated rings. The number of hydrogen-bond donors (Lipinski definition) is 1. The summed E-state index contributed by atoms with van der Waals surface area (Å²) in [6, 6.07) is 12.7. The van der Waals surface area contributed by atoms with Gasteiger partial charge in [0, 0.05) is 15.7 Å². The Morgan fingerprint density at radius 2 is 1.96 bits per heavy atom. The van der Waals surface area contributed by atoms with Crippen LogP contribution in [-0.2, 0) is 0 Å². The molecule has 0 spiro atoms. The van der Waals surface area contributed by atoms with Gasteiger partial charge in [0.2, 0.25) is 5.95 Å². The largest absolute Gasteiger partial charge is 0.324 e. The van der Waals surface area contributed by atoms with E-state index in [1.54, 1.807) is 16.8 Å². The van der Waals surface area contributed by atoms with Crippen molar-refractivity contribution in [2.45, 2.75) is 13.0 Å². The molecule has 120 valence electrons. The summed E-state index contributed by atoms with van der Waals surface area (Å²) in [5, 5.41) is 7.51. The molecule has 0 radical (unpaired) electrons. The average Bonchev–Trinajstić information content (AvgIpc) is 3.05. The molecule has 3 aromatic rings. The SMILES string of the molecule is Cc1ccc(C2=CC(c3cc(Br)ccc3F)n3ncnc3N2)cc1. The lowest BCUT2D eigenvalue weighted by atomic mass is 10.0. The first-order valence-corrected chi connectivity index (χ1v) is 8.31. The lowest BCUT2D eigenvalue weighted by Crippen LogP contribution is -2.21. The van der Waals surface area contributed by atoms with Crippen molar-refractivity contribution in [1.82, 2.24) is 14.8 Å². The van der Waals surface area contributed by atoms with Gasteiger partial charge in [-0.1, -0.05) is 45.8 Å². The molecule has 6 heteroatoms. The number of aromatic nitrogens is 3. The Morgan fingerprint density at radius 1 is 1.17 bits per heavy atom. The molecule has 0 saturated carbocycles. The van der Waals surface area contributed by atoms with Crippen molar-refractivity contribution in [3.8, 4) is 0 Å². The molecule has 1 aliphatic rings. The molecular weight excluding hydrogens is 371 g/mol. The van der Waals surface area contributed by atoms with Crippen LogP contribution in [0, 0.1) is 12.7 Å². The van der Waals surface area contributed by atoms with Gasteiger partial charge in [-0.15, -0.1) is 0 Å². The molecule has 1 atom stereocenters. The predicted molar refractivity (Wildman–Crippen MR) is 95.0 cm³/mol. The Bertz CT molecular complexity index is 930. The van der Waals surface area contributed by atoms with Gasteiger partial charge in [0.05, 0.1) is 0 Å². The number of anilines is 1. The van der Waals surface area contributed by atoms with Gasteiger partial charge in [-0.05, 0) is 36.8 Å². The third kappa shape index (κ3) is 2.63. The van der Waals surface area contributed by atoms with Crippen LogP contribution < -0.4 is 5.32 Å². The maximum atomic E-state index is 14.4. The van der Waals surface area contributed by atoms with E-state index in [9.17, 15) is 4.39 Å². The van der Waals surface area contributed by atoms with E-state index in [1.807, 2.05) is 37.3 Å². The van der Waals surface area contributed by atoms with Crippen LogP contribution in [0.15, 0.2) is 59.3 Å². The lowest BCUT2D eigenvalue weighted by molar-refractivity contribution is 0.551. The van der Waals surface area contributed by atoms with Crippen molar-refractivity contribution in [3.05, 3.63) is 81.8 Å². The zero-order valence-electron chi connectivity index (χ0n) is 12.9. The first kappa shape index (κ1) is 15.1. The van der Waals surface area contributed by atoms with E-state index >= 15 is 0 Å². The molecule has 24 heavy (non-hydrogen) atoms. The zero-order valence-corrected chi connectivity index (χ0v) is 14.5. The van der Waals surface area contributed by atoms with Gasteiger partial charge in [0.25, 0.3) is 0 Å². The number of rotatable bonds is 2. The predicted octanol–water partition coefficient (Wildman–Crippen LogP) is 4.54. The molecule has 1 unspecified atom stereocenters. The molecule has 4 nitrogen and oxygen atoms in total. The average molecular weight is 385 g/mol. The second-order valence-electron chi connectivity index (χ2n) is 5.71. The molecule has 0 aliphatic carbocycles. The summed E-state index contributed by atoms with van der Waals surface area (Å²) in [6.07, 6.45) is 3.44. The number of halogens is 2. The topological polar surface area (TPSA) is 42.7 Å². The highest BCUT2D eigenvalue weighted by Gasteiger charge is 2.25. The summed E-state index contributed by atoms with van der Waals surface area (Å²) in [6.45, 7) is 2.04. The first-order chi connectivity index (χ1) is 11.6. The van der Waals surface area contributed by atoms with E-state index in [2.05, 4.69) is 31.3 Å². The lowest BCUT2D eigenvalue weighted by Gasteiger charge is -2.25. The summed E-state index contributed by atoms with van der Waals surface area (Å²) in [5.74, 6) is 0.323. The van der Waals surface area contributed by atoms with Crippen molar-refractivity contribution in [1.29, 1.82) is 0 Å². The Kier molecular flexibility index (Phi) is 3.69. The summed E-state index contributed by atoms with van der Waals surface area (Å²) in [7, 11) is 0. The number of nitrogens with one attached hydrogen (secondary N) is 1. The Morgan fingerprint density at radius 3 is 2.75 bits per heavy atom. The summed E-state index contributed by atoms with van der Waals surface area (Å²) < 4.78 is 16.9. The maximum absolute atomic E-state index is 14.4. The molecule has 1 aromatic heterocycles. The third-order valence-electron chi connectivity index (χ3n) is 4.05. The third-order valence-corrected chi connectivity index (χ3v) is 4.54. The second-order valence-corrected chi connectivity index (χ2v) is 6.63. The standard InChI is InChI=1S/C18H14BrFN4/c1-11-2-4-12(5-3-11)16-9-17(24-18(23-16)21-10-22-24)14-8-13(19)6-7-15(14)20/h2-10,17H,1H3,(H,21,22,23). The van der Waals surface area contributed by atoms with E-state index in [-0.39, 0.29) is 11.9 Å². The van der Waals surface area contributed by atoms with Crippen LogP contribution >= 0.6 is 15.9 Å². The number of aryl methyl sites for hydroxylation is 1. The van der Waals surface area contributed by atoms with Gasteiger partial charge in [-0.25, -0.2) is 9.07 Å². The van der Waals surface area contributed by atoms with Crippen LogP contribution in [0.3, 0.4) is 0 Å². The number of hydrogen-bond acceptors (Lipinski definition) is 3. The molecule has 4 rings (SSSR count). The summed E-state index contributed by atoms with van der Waals surface area (Å²) in [5.41, 5.74) is 3.64. The first-order valence-electron chi connectivity index (χ1n) is 7.52. The molecule has 0 bridgehead atoms. The number of fused-ring (bicyclic) bond motifs is 1. The van der Waals surface area contributed by atoms with E-state index in [0.29, 0.717) is 11.5 Å². The monoisotopic (exact) mass is 384 g/mol. The Hall–Kier alpha value is -2.47. The Labute approximate surface area is 147 Å². The molecule has 1 N–H and O–H groups in total. The normalized spacial score (nSPS) is 16.3. The maximum Gasteiger partial charge on any atom is 0.226 e. The fraction of sp³-hybridized carbons (Fsp3) is 0.111. The van der Waals surface area contributed by atoms with E-state index in [1.165, 1.54) is 18.0 Å². The van der Waals surface area contributed by atoms with Crippen LogP contribution in [0.4, 0.5) is 10.3 Å². The zero-order chi connectivity index (χ0) is 16.7. The fourth-order valence-electron chi connectivity index (χ4n) is 2.80. The highest BCUT2D eigenvalue weighted by Crippen LogP contribution is 2.34. The van der Waals surface area contributed by atoms with Gasteiger partial charge < -0.3 is 5.32 Å². The van der Waals surface area contributed by atoms with Crippen molar-refractivity contribution in [3.63, 3.8) is 0 Å². The van der Waals surface area contributed by atoms with Crippen molar-refractivity contribution < 1.29 is 4.39 Å². The highest BCUT2D eigenvalue weighted by atomic mass is 79.9. The van der Waals surface area contributed by atoms with Gasteiger partial charge in [-0.3, -0.25) is 0 Å². The van der Waals surface area contributed by atoms with Crippen LogP contribution in [0.2, 0.25) is 0 Å². The Balaban J connectivity index is 1.85. The van der Waals surface area contributed by atoms with Crippen LogP contribution in [-0.4, -0.2) is 14.8 Å². The van der Waals surface area contributed by atoms with Crippen molar-refractivity contribution >= 4 is 27.6 Å². The quantitative estimate of drug-likeness (QED) is 0.704. The molecule has 2 aromatic carbocycles. The second kappa shape index (κ2) is 5.87. The minimum Gasteiger partial charge on any atom is -0.324 e. The number of nitrogens with zero attached hydrogens (tertiary/aromatic N) is 3.